The Kier molecular flexibility index (Phi) is 4.19. The van der Waals surface area contributed by atoms with Gasteiger partial charge in [0.1, 0.15) is 0 Å². The molecule has 0 aliphatic heterocycles. The van der Waals surface area contributed by atoms with Gasteiger partial charge in [-0.15, -0.1) is 11.3 Å². The van der Waals surface area contributed by atoms with Gasteiger partial charge < -0.3 is 5.32 Å². The molecule has 1 aromatic carbocycles. The van der Waals surface area contributed by atoms with Crippen LogP contribution in [0.3, 0.4) is 0 Å². The van der Waals surface area contributed by atoms with Crippen LogP contribution in [-0.4, -0.2) is 7.05 Å². The summed E-state index contributed by atoms with van der Waals surface area (Å²) in [5.41, 5.74) is 2.57. The van der Waals surface area contributed by atoms with Gasteiger partial charge in [0.25, 0.3) is 0 Å². The molecule has 0 saturated heterocycles. The van der Waals surface area contributed by atoms with Crippen molar-refractivity contribution in [1.82, 2.24) is 5.32 Å². The van der Waals surface area contributed by atoms with E-state index in [0.717, 1.165) is 4.47 Å². The van der Waals surface area contributed by atoms with E-state index in [-0.39, 0.29) is 6.04 Å². The van der Waals surface area contributed by atoms with Crippen LogP contribution in [0.4, 0.5) is 0 Å². The van der Waals surface area contributed by atoms with E-state index in [4.69, 9.17) is 0 Å². The van der Waals surface area contributed by atoms with Crippen LogP contribution in [-0.2, 0) is 0 Å². The van der Waals surface area contributed by atoms with Crippen LogP contribution in [0.15, 0.2) is 44.0 Å². The van der Waals surface area contributed by atoms with Crippen molar-refractivity contribution < 1.29 is 0 Å². The highest BCUT2D eigenvalue weighted by Crippen LogP contribution is 2.29. The molecule has 16 heavy (non-hydrogen) atoms. The van der Waals surface area contributed by atoms with Crippen molar-refractivity contribution in [3.05, 3.63) is 55.1 Å². The zero-order valence-corrected chi connectivity index (χ0v) is 12.7. The van der Waals surface area contributed by atoms with Gasteiger partial charge in [-0.05, 0) is 57.7 Å². The molecule has 2 rings (SSSR count). The van der Waals surface area contributed by atoms with Crippen molar-refractivity contribution in [2.45, 2.75) is 6.04 Å². The average molecular weight is 361 g/mol. The summed E-state index contributed by atoms with van der Waals surface area (Å²) in [6.45, 7) is 0. The molecule has 1 atom stereocenters. The molecule has 84 valence electrons. The van der Waals surface area contributed by atoms with Gasteiger partial charge in [-0.2, -0.15) is 0 Å². The molecule has 0 saturated carbocycles. The third-order valence-corrected chi connectivity index (χ3v) is 4.46. The first kappa shape index (κ1) is 12.3. The number of hydrogen-bond acceptors (Lipinski definition) is 2. The molecule has 0 amide bonds. The van der Waals surface area contributed by atoms with E-state index >= 15 is 0 Å². The Labute approximate surface area is 116 Å². The Balaban J connectivity index is 2.32. The molecule has 4 heteroatoms. The molecule has 0 aliphatic rings. The molecule has 0 radical (unpaired) electrons. The predicted molar refractivity (Wildman–Crippen MR) is 77.1 cm³/mol. The van der Waals surface area contributed by atoms with Gasteiger partial charge in [0.2, 0.25) is 0 Å². The number of halogens is 2. The van der Waals surface area contributed by atoms with Crippen molar-refractivity contribution in [1.29, 1.82) is 0 Å². The molecule has 1 aromatic heterocycles. The third kappa shape index (κ3) is 2.74. The van der Waals surface area contributed by atoms with Crippen LogP contribution in [0.5, 0.6) is 0 Å². The van der Waals surface area contributed by atoms with Crippen LogP contribution >= 0.6 is 43.2 Å². The topological polar surface area (TPSA) is 12.0 Å². The first-order valence-corrected chi connectivity index (χ1v) is 7.34. The lowest BCUT2D eigenvalue weighted by atomic mass is 10.0. The Hall–Kier alpha value is -0.160. The minimum absolute atomic E-state index is 0.260. The van der Waals surface area contributed by atoms with Gasteiger partial charge in [0.05, 0.1) is 9.83 Å². The highest BCUT2D eigenvalue weighted by molar-refractivity contribution is 9.11. The Bertz CT molecular complexity index is 464. The SMILES string of the molecule is CNC(c1ccc(Br)cc1)c1csc(Br)c1. The van der Waals surface area contributed by atoms with Crippen molar-refractivity contribution in [2.75, 3.05) is 7.05 Å². The van der Waals surface area contributed by atoms with Gasteiger partial charge in [-0.1, -0.05) is 28.1 Å². The van der Waals surface area contributed by atoms with E-state index in [1.54, 1.807) is 11.3 Å². The Morgan fingerprint density at radius 2 is 1.81 bits per heavy atom. The summed E-state index contributed by atoms with van der Waals surface area (Å²) in [5.74, 6) is 0. The number of rotatable bonds is 3. The second-order valence-corrected chi connectivity index (χ2v) is 6.66. The smallest absolute Gasteiger partial charge is 0.0701 e. The van der Waals surface area contributed by atoms with Gasteiger partial charge in [-0.3, -0.25) is 0 Å². The minimum Gasteiger partial charge on any atom is -0.309 e. The van der Waals surface area contributed by atoms with E-state index in [9.17, 15) is 0 Å². The molecule has 1 heterocycles. The standard InChI is InChI=1S/C12H11Br2NS/c1-15-12(9-6-11(14)16-7-9)8-2-4-10(13)5-3-8/h2-7,12,15H,1H3. The Morgan fingerprint density at radius 1 is 1.12 bits per heavy atom. The number of benzene rings is 1. The van der Waals surface area contributed by atoms with E-state index in [1.165, 1.54) is 14.9 Å². The van der Waals surface area contributed by atoms with Crippen LogP contribution < -0.4 is 5.32 Å². The summed E-state index contributed by atoms with van der Waals surface area (Å²) in [6.07, 6.45) is 0. The van der Waals surface area contributed by atoms with E-state index in [1.807, 2.05) is 7.05 Å². The van der Waals surface area contributed by atoms with Gasteiger partial charge in [0, 0.05) is 4.47 Å². The zero-order chi connectivity index (χ0) is 11.5. The second-order valence-electron chi connectivity index (χ2n) is 3.46. The maximum atomic E-state index is 3.50. The van der Waals surface area contributed by atoms with E-state index in [2.05, 4.69) is 72.9 Å². The number of nitrogens with one attached hydrogen (secondary N) is 1. The van der Waals surface area contributed by atoms with Crippen molar-refractivity contribution in [3.63, 3.8) is 0 Å². The molecule has 0 spiro atoms. The fourth-order valence-corrected chi connectivity index (χ4v) is 3.12. The molecular formula is C12H11Br2NS. The van der Waals surface area contributed by atoms with Gasteiger partial charge >= 0.3 is 0 Å². The fourth-order valence-electron chi connectivity index (χ4n) is 1.66. The lowest BCUT2D eigenvalue weighted by Crippen LogP contribution is -2.16. The molecule has 1 unspecified atom stereocenters. The van der Waals surface area contributed by atoms with Crippen LogP contribution in [0.2, 0.25) is 0 Å². The quantitative estimate of drug-likeness (QED) is 0.844. The summed E-state index contributed by atoms with van der Waals surface area (Å²) in [7, 11) is 1.98. The fraction of sp³-hybridized carbons (Fsp3) is 0.167. The van der Waals surface area contributed by atoms with Crippen molar-refractivity contribution in [2.24, 2.45) is 0 Å². The molecule has 1 N–H and O–H groups in total. The average Bonchev–Trinajstić information content (AvgIpc) is 2.69. The zero-order valence-electron chi connectivity index (χ0n) is 8.71. The van der Waals surface area contributed by atoms with E-state index in [0.29, 0.717) is 0 Å². The molecule has 0 bridgehead atoms. The van der Waals surface area contributed by atoms with Crippen LogP contribution in [0, 0.1) is 0 Å². The monoisotopic (exact) mass is 359 g/mol. The second kappa shape index (κ2) is 5.45. The summed E-state index contributed by atoms with van der Waals surface area (Å²) in [6, 6.07) is 10.8. The number of thiophene rings is 1. The summed E-state index contributed by atoms with van der Waals surface area (Å²) < 4.78 is 2.28. The number of hydrogen-bond donors (Lipinski definition) is 1. The first-order valence-electron chi connectivity index (χ1n) is 4.87. The van der Waals surface area contributed by atoms with Gasteiger partial charge in [0.15, 0.2) is 0 Å². The maximum Gasteiger partial charge on any atom is 0.0701 e. The lowest BCUT2D eigenvalue weighted by molar-refractivity contribution is 0.694. The van der Waals surface area contributed by atoms with E-state index < -0.39 is 0 Å². The first-order chi connectivity index (χ1) is 7.70. The summed E-state index contributed by atoms with van der Waals surface area (Å²) in [4.78, 5) is 0. The van der Waals surface area contributed by atoms with Gasteiger partial charge in [-0.25, -0.2) is 0 Å². The minimum atomic E-state index is 0.260. The highest BCUT2D eigenvalue weighted by Gasteiger charge is 2.12. The molecule has 0 aliphatic carbocycles. The molecule has 1 nitrogen and oxygen atoms in total. The third-order valence-electron chi connectivity index (χ3n) is 2.41. The van der Waals surface area contributed by atoms with Crippen LogP contribution in [0.1, 0.15) is 17.2 Å². The Morgan fingerprint density at radius 3 is 2.31 bits per heavy atom. The van der Waals surface area contributed by atoms with Crippen molar-refractivity contribution in [3.8, 4) is 0 Å². The highest BCUT2D eigenvalue weighted by atomic mass is 79.9. The molecule has 0 fully saturated rings. The molecule has 2 aromatic rings. The normalized spacial score (nSPS) is 12.7. The largest absolute Gasteiger partial charge is 0.309 e. The van der Waals surface area contributed by atoms with Crippen molar-refractivity contribution >= 4 is 43.2 Å². The summed E-state index contributed by atoms with van der Waals surface area (Å²) >= 11 is 8.66. The lowest BCUT2D eigenvalue weighted by Gasteiger charge is -2.15. The molecular weight excluding hydrogens is 350 g/mol. The maximum absolute atomic E-state index is 3.50. The predicted octanol–water partition coefficient (Wildman–Crippen LogP) is 4.58. The summed E-state index contributed by atoms with van der Waals surface area (Å²) in [5, 5.41) is 5.51. The van der Waals surface area contributed by atoms with Crippen LogP contribution in [0.25, 0.3) is 0 Å².